The van der Waals surface area contributed by atoms with E-state index in [1.807, 2.05) is 0 Å². The van der Waals surface area contributed by atoms with Crippen molar-refractivity contribution in [3.63, 3.8) is 0 Å². The van der Waals surface area contributed by atoms with Gasteiger partial charge in [0.25, 0.3) is 5.69 Å². The lowest BCUT2D eigenvalue weighted by molar-refractivity contribution is -0.384. The van der Waals surface area contributed by atoms with Gasteiger partial charge in [0.2, 0.25) is 0 Å². The normalized spacial score (nSPS) is 11.3. The van der Waals surface area contributed by atoms with Crippen molar-refractivity contribution < 1.29 is 14.5 Å². The molecule has 2 aromatic rings. The van der Waals surface area contributed by atoms with E-state index < -0.39 is 16.5 Å². The zero-order valence-corrected chi connectivity index (χ0v) is 12.9. The SMILES string of the molecule is Cc1c(C(=O)OC(C)(C)C)cnn1-c1ccc([N+](=O)[O-])cc1. The molecule has 0 N–H and O–H groups in total. The summed E-state index contributed by atoms with van der Waals surface area (Å²) in [4.78, 5) is 22.3. The first-order valence-electron chi connectivity index (χ1n) is 6.72. The molecule has 116 valence electrons. The highest BCUT2D eigenvalue weighted by molar-refractivity contribution is 5.90. The highest BCUT2D eigenvalue weighted by Gasteiger charge is 2.22. The maximum atomic E-state index is 12.1. The van der Waals surface area contributed by atoms with Crippen LogP contribution in [0.3, 0.4) is 0 Å². The Balaban J connectivity index is 2.31. The molecule has 7 nitrogen and oxygen atoms in total. The second kappa shape index (κ2) is 5.59. The van der Waals surface area contributed by atoms with E-state index in [2.05, 4.69) is 5.10 Å². The zero-order valence-electron chi connectivity index (χ0n) is 12.9. The first-order chi connectivity index (χ1) is 10.2. The van der Waals surface area contributed by atoms with Crippen molar-refractivity contribution in [3.05, 3.63) is 51.8 Å². The maximum Gasteiger partial charge on any atom is 0.342 e. The molecule has 0 amide bonds. The topological polar surface area (TPSA) is 87.3 Å². The quantitative estimate of drug-likeness (QED) is 0.494. The summed E-state index contributed by atoms with van der Waals surface area (Å²) in [7, 11) is 0. The molecule has 0 unspecified atom stereocenters. The maximum absolute atomic E-state index is 12.1. The lowest BCUT2D eigenvalue weighted by atomic mass is 10.2. The molecule has 1 heterocycles. The van der Waals surface area contributed by atoms with Crippen molar-refractivity contribution >= 4 is 11.7 Å². The van der Waals surface area contributed by atoms with Crippen molar-refractivity contribution in [1.29, 1.82) is 0 Å². The molecule has 0 aliphatic carbocycles. The number of esters is 1. The standard InChI is InChI=1S/C15H17N3O4/c1-10-13(14(19)22-15(2,3)4)9-16-17(10)11-5-7-12(8-6-11)18(20)21/h5-9H,1-4H3. The van der Waals surface area contributed by atoms with Gasteiger partial charge >= 0.3 is 5.97 Å². The summed E-state index contributed by atoms with van der Waals surface area (Å²) in [6.07, 6.45) is 1.44. The van der Waals surface area contributed by atoms with Crippen molar-refractivity contribution in [2.75, 3.05) is 0 Å². The van der Waals surface area contributed by atoms with Gasteiger partial charge < -0.3 is 4.74 Å². The van der Waals surface area contributed by atoms with Gasteiger partial charge in [-0.3, -0.25) is 10.1 Å². The average Bonchev–Trinajstić information content (AvgIpc) is 2.79. The van der Waals surface area contributed by atoms with Gasteiger partial charge in [0.1, 0.15) is 11.2 Å². The first kappa shape index (κ1) is 15.7. The van der Waals surface area contributed by atoms with E-state index in [1.54, 1.807) is 44.5 Å². The van der Waals surface area contributed by atoms with Crippen molar-refractivity contribution in [2.24, 2.45) is 0 Å². The summed E-state index contributed by atoms with van der Waals surface area (Å²) in [5, 5.41) is 14.8. The van der Waals surface area contributed by atoms with E-state index in [4.69, 9.17) is 4.74 Å². The fourth-order valence-electron chi connectivity index (χ4n) is 1.92. The van der Waals surface area contributed by atoms with Crippen LogP contribution in [0.5, 0.6) is 0 Å². The molecule has 0 aliphatic rings. The Morgan fingerprint density at radius 1 is 1.27 bits per heavy atom. The number of nitrogens with zero attached hydrogens (tertiary/aromatic N) is 3. The molecule has 0 saturated heterocycles. The van der Waals surface area contributed by atoms with E-state index in [0.29, 0.717) is 16.9 Å². The molecule has 0 radical (unpaired) electrons. The molecular weight excluding hydrogens is 286 g/mol. The third-order valence-electron chi connectivity index (χ3n) is 2.93. The van der Waals surface area contributed by atoms with E-state index in [9.17, 15) is 14.9 Å². The fraction of sp³-hybridized carbons (Fsp3) is 0.333. The minimum atomic E-state index is -0.584. The van der Waals surface area contributed by atoms with Gasteiger partial charge in [-0.05, 0) is 39.8 Å². The number of hydrogen-bond acceptors (Lipinski definition) is 5. The molecule has 0 fully saturated rings. The van der Waals surface area contributed by atoms with Crippen molar-refractivity contribution in [3.8, 4) is 5.69 Å². The summed E-state index contributed by atoms with van der Waals surface area (Å²) in [5.41, 5.74) is 1.04. The molecule has 1 aromatic heterocycles. The lowest BCUT2D eigenvalue weighted by Crippen LogP contribution is -2.24. The zero-order chi connectivity index (χ0) is 16.5. The van der Waals surface area contributed by atoms with Crippen molar-refractivity contribution in [2.45, 2.75) is 33.3 Å². The molecule has 0 spiro atoms. The van der Waals surface area contributed by atoms with Crippen LogP contribution in [0.2, 0.25) is 0 Å². The Kier molecular flexibility index (Phi) is 3.99. The number of aromatic nitrogens is 2. The van der Waals surface area contributed by atoms with Crippen LogP contribution >= 0.6 is 0 Å². The predicted molar refractivity (Wildman–Crippen MR) is 80.1 cm³/mol. The van der Waals surface area contributed by atoms with Gasteiger partial charge in [0.05, 0.1) is 22.5 Å². The number of benzene rings is 1. The monoisotopic (exact) mass is 303 g/mol. The minimum Gasteiger partial charge on any atom is -0.456 e. The van der Waals surface area contributed by atoms with Crippen LogP contribution in [-0.2, 0) is 4.74 Å². The van der Waals surface area contributed by atoms with Crippen LogP contribution in [0.4, 0.5) is 5.69 Å². The number of rotatable bonds is 3. The van der Waals surface area contributed by atoms with Gasteiger partial charge in [-0.25, -0.2) is 9.48 Å². The number of carbonyl (C=O) groups excluding carboxylic acids is 1. The summed E-state index contributed by atoms with van der Waals surface area (Å²) >= 11 is 0. The first-order valence-corrected chi connectivity index (χ1v) is 6.72. The molecule has 22 heavy (non-hydrogen) atoms. The van der Waals surface area contributed by atoms with Gasteiger partial charge in [0.15, 0.2) is 0 Å². The number of ether oxygens (including phenoxy) is 1. The third kappa shape index (κ3) is 3.30. The number of carbonyl (C=O) groups is 1. The molecule has 0 saturated carbocycles. The van der Waals surface area contributed by atoms with Crippen molar-refractivity contribution in [1.82, 2.24) is 9.78 Å². The summed E-state index contributed by atoms with van der Waals surface area (Å²) in [5.74, 6) is -0.446. The highest BCUT2D eigenvalue weighted by atomic mass is 16.6. The molecule has 7 heteroatoms. The number of non-ortho nitro benzene ring substituents is 1. The smallest absolute Gasteiger partial charge is 0.342 e. The minimum absolute atomic E-state index is 0.000856. The second-order valence-electron chi connectivity index (χ2n) is 5.83. The Morgan fingerprint density at radius 3 is 2.36 bits per heavy atom. The van der Waals surface area contributed by atoms with Gasteiger partial charge in [-0.1, -0.05) is 0 Å². The van der Waals surface area contributed by atoms with Crippen LogP contribution in [0.15, 0.2) is 30.5 Å². The lowest BCUT2D eigenvalue weighted by Gasteiger charge is -2.19. The molecule has 1 aromatic carbocycles. The Labute approximate surface area is 127 Å². The van der Waals surface area contributed by atoms with Gasteiger partial charge in [-0.15, -0.1) is 0 Å². The summed E-state index contributed by atoms with van der Waals surface area (Å²) < 4.78 is 6.87. The number of hydrogen-bond donors (Lipinski definition) is 0. The molecule has 2 rings (SSSR count). The van der Waals surface area contributed by atoms with Crippen LogP contribution in [0, 0.1) is 17.0 Å². The van der Waals surface area contributed by atoms with Crippen LogP contribution in [0.1, 0.15) is 36.8 Å². The highest BCUT2D eigenvalue weighted by Crippen LogP contribution is 2.20. The third-order valence-corrected chi connectivity index (χ3v) is 2.93. The average molecular weight is 303 g/mol. The van der Waals surface area contributed by atoms with Crippen LogP contribution in [0.25, 0.3) is 5.69 Å². The second-order valence-corrected chi connectivity index (χ2v) is 5.83. The Bertz CT molecular complexity index is 711. The van der Waals surface area contributed by atoms with E-state index >= 15 is 0 Å². The number of nitro benzene ring substituents is 1. The summed E-state index contributed by atoms with van der Waals surface area (Å²) in [6.45, 7) is 7.12. The molecule has 0 aliphatic heterocycles. The predicted octanol–water partition coefficient (Wildman–Crippen LogP) is 3.04. The molecular formula is C15H17N3O4. The van der Waals surface area contributed by atoms with E-state index in [0.717, 1.165) is 0 Å². The van der Waals surface area contributed by atoms with E-state index in [-0.39, 0.29) is 5.69 Å². The largest absolute Gasteiger partial charge is 0.456 e. The van der Waals surface area contributed by atoms with Gasteiger partial charge in [-0.2, -0.15) is 5.10 Å². The Hall–Kier alpha value is -2.70. The van der Waals surface area contributed by atoms with E-state index in [1.165, 1.54) is 18.3 Å². The van der Waals surface area contributed by atoms with Crippen LogP contribution in [-0.4, -0.2) is 26.3 Å². The Morgan fingerprint density at radius 2 is 1.86 bits per heavy atom. The van der Waals surface area contributed by atoms with Crippen LogP contribution < -0.4 is 0 Å². The fourth-order valence-corrected chi connectivity index (χ4v) is 1.92. The van der Waals surface area contributed by atoms with Gasteiger partial charge in [0, 0.05) is 12.1 Å². The molecule has 0 bridgehead atoms. The number of nitro groups is 1. The molecule has 0 atom stereocenters. The summed E-state index contributed by atoms with van der Waals surface area (Å²) in [6, 6.07) is 5.95.